The van der Waals surface area contributed by atoms with E-state index in [4.69, 9.17) is 19.1 Å². The maximum atomic E-state index is 11.7. The molecule has 0 radical (unpaired) electrons. The van der Waals surface area contributed by atoms with Crippen LogP contribution in [0.15, 0.2) is 15.8 Å². The van der Waals surface area contributed by atoms with E-state index in [1.165, 1.54) is 0 Å². The van der Waals surface area contributed by atoms with E-state index in [2.05, 4.69) is 5.10 Å². The van der Waals surface area contributed by atoms with Gasteiger partial charge in [0, 0.05) is 5.38 Å². The SMILES string of the molecule is [2H]C([2H])(O)[C@H]1O[C@@H](n2ncc(=O)[nH]c2=O)C(O)(C#CCl)[C@H]1O. The Labute approximate surface area is 119 Å². The number of nitrogens with one attached hydrogen (secondary N) is 1. The fourth-order valence-corrected chi connectivity index (χ4v) is 1.93. The molecule has 1 aromatic heterocycles. The molecule has 0 saturated carbocycles. The Bertz CT molecular complexity index is 750. The minimum absolute atomic E-state index is 0.442. The van der Waals surface area contributed by atoms with Gasteiger partial charge in [-0.3, -0.25) is 9.78 Å². The van der Waals surface area contributed by atoms with Gasteiger partial charge in [0.15, 0.2) is 6.23 Å². The number of aromatic nitrogens is 3. The highest BCUT2D eigenvalue weighted by Crippen LogP contribution is 2.36. The Hall–Kier alpha value is -1.70. The monoisotopic (exact) mass is 305 g/mol. The lowest BCUT2D eigenvalue weighted by molar-refractivity contribution is -0.0837. The smallest absolute Gasteiger partial charge is 0.347 e. The van der Waals surface area contributed by atoms with Gasteiger partial charge in [0.2, 0.25) is 5.60 Å². The van der Waals surface area contributed by atoms with Crippen molar-refractivity contribution < 1.29 is 22.8 Å². The zero-order chi connectivity index (χ0) is 16.7. The van der Waals surface area contributed by atoms with Gasteiger partial charge < -0.3 is 20.1 Å². The molecule has 1 aromatic rings. The second-order valence-electron chi connectivity index (χ2n) is 3.91. The molecule has 0 aliphatic carbocycles. The molecule has 1 fully saturated rings. The Morgan fingerprint density at radius 2 is 2.40 bits per heavy atom. The van der Waals surface area contributed by atoms with Gasteiger partial charge in [-0.1, -0.05) is 0 Å². The molecule has 1 saturated heterocycles. The van der Waals surface area contributed by atoms with E-state index in [0.29, 0.717) is 10.9 Å². The molecule has 10 heteroatoms. The zero-order valence-electron chi connectivity index (χ0n) is 11.6. The minimum atomic E-state index is -3.05. The molecule has 4 atom stereocenters. The summed E-state index contributed by atoms with van der Waals surface area (Å²) in [6.45, 7) is -3.05. The third kappa shape index (κ3) is 2.24. The molecule has 0 bridgehead atoms. The maximum absolute atomic E-state index is 11.7. The van der Waals surface area contributed by atoms with E-state index in [-0.39, 0.29) is 0 Å². The standard InChI is InChI=1S/C10H10ClN3O6/c11-2-1-10(19)7(17)5(4-15)20-8(10)14-9(18)13-6(16)3-12-14/h3,5,7-8,15,17,19H,4H2,(H,13,16,18)/t5-,7+,8-,10?/m1/s1/i4D2. The van der Waals surface area contributed by atoms with Gasteiger partial charge >= 0.3 is 5.69 Å². The normalized spacial score (nSPS) is 34.9. The van der Waals surface area contributed by atoms with Crippen molar-refractivity contribution in [3.63, 3.8) is 0 Å². The molecule has 9 nitrogen and oxygen atoms in total. The fraction of sp³-hybridized carbons (Fsp3) is 0.500. The molecule has 1 unspecified atom stereocenters. The second-order valence-corrected chi connectivity index (χ2v) is 4.10. The first-order chi connectivity index (χ1) is 10.1. The van der Waals surface area contributed by atoms with Crippen molar-refractivity contribution in [1.29, 1.82) is 0 Å². The number of aromatic amines is 1. The molecular formula is C10H10ClN3O6. The number of hydrogen-bond donors (Lipinski definition) is 4. The second kappa shape index (κ2) is 5.35. The molecule has 0 aromatic carbocycles. The number of ether oxygens (including phenoxy) is 1. The molecular weight excluding hydrogens is 294 g/mol. The van der Waals surface area contributed by atoms with Crippen molar-refractivity contribution in [3.05, 3.63) is 27.0 Å². The summed E-state index contributed by atoms with van der Waals surface area (Å²) in [6.07, 6.45) is -5.11. The average molecular weight is 306 g/mol. The van der Waals surface area contributed by atoms with Gasteiger partial charge in [0.1, 0.15) is 18.4 Å². The molecule has 0 spiro atoms. The largest absolute Gasteiger partial charge is 0.394 e. The van der Waals surface area contributed by atoms with E-state index in [0.717, 1.165) is 0 Å². The summed E-state index contributed by atoms with van der Waals surface area (Å²) in [5, 5.41) is 35.0. The first kappa shape index (κ1) is 12.1. The van der Waals surface area contributed by atoms with E-state index in [1.54, 1.807) is 5.38 Å². The molecule has 1 aliphatic heterocycles. The van der Waals surface area contributed by atoms with Gasteiger partial charge in [-0.05, 0) is 17.5 Å². The van der Waals surface area contributed by atoms with Crippen LogP contribution in [0, 0.1) is 11.3 Å². The summed E-state index contributed by atoms with van der Waals surface area (Å²) in [6, 6.07) is 0. The highest BCUT2D eigenvalue weighted by atomic mass is 35.5. The first-order valence-electron chi connectivity index (χ1n) is 6.20. The molecule has 20 heavy (non-hydrogen) atoms. The number of nitrogens with zero attached hydrogens (tertiary/aromatic N) is 2. The van der Waals surface area contributed by atoms with E-state index < -0.39 is 41.8 Å². The summed E-state index contributed by atoms with van der Waals surface area (Å²) in [4.78, 5) is 24.6. The van der Waals surface area contributed by atoms with Crippen LogP contribution < -0.4 is 11.2 Å². The van der Waals surface area contributed by atoms with Crippen LogP contribution in [0.25, 0.3) is 0 Å². The van der Waals surface area contributed by atoms with Crippen LogP contribution in [0.3, 0.4) is 0 Å². The topological polar surface area (TPSA) is 138 Å². The van der Waals surface area contributed by atoms with E-state index in [1.807, 2.05) is 10.9 Å². The van der Waals surface area contributed by atoms with E-state index >= 15 is 0 Å². The molecule has 1 aliphatic rings. The van der Waals surface area contributed by atoms with Crippen molar-refractivity contribution >= 4 is 11.6 Å². The predicted molar refractivity (Wildman–Crippen MR) is 64.7 cm³/mol. The van der Waals surface area contributed by atoms with Crippen LogP contribution >= 0.6 is 11.6 Å². The fourth-order valence-electron chi connectivity index (χ4n) is 1.78. The lowest BCUT2D eigenvalue weighted by atomic mass is 9.95. The average Bonchev–Trinajstić information content (AvgIpc) is 2.63. The van der Waals surface area contributed by atoms with Gasteiger partial charge in [0.25, 0.3) is 5.56 Å². The maximum Gasteiger partial charge on any atom is 0.347 e. The highest BCUT2D eigenvalue weighted by Gasteiger charge is 2.56. The summed E-state index contributed by atoms with van der Waals surface area (Å²) >= 11 is 5.21. The van der Waals surface area contributed by atoms with Crippen LogP contribution in [0.5, 0.6) is 0 Å². The van der Waals surface area contributed by atoms with Crippen LogP contribution in [0.4, 0.5) is 0 Å². The lowest BCUT2D eigenvalue weighted by Gasteiger charge is -2.25. The quantitative estimate of drug-likeness (QED) is 0.430. The number of rotatable bonds is 2. The Morgan fingerprint density at radius 1 is 1.70 bits per heavy atom. The van der Waals surface area contributed by atoms with Crippen molar-refractivity contribution in [2.24, 2.45) is 0 Å². The van der Waals surface area contributed by atoms with Gasteiger partial charge in [-0.15, -0.1) is 0 Å². The van der Waals surface area contributed by atoms with Crippen LogP contribution in [-0.4, -0.2) is 54.5 Å². The van der Waals surface area contributed by atoms with Crippen molar-refractivity contribution in [2.45, 2.75) is 24.0 Å². The van der Waals surface area contributed by atoms with Gasteiger partial charge in [-0.25, -0.2) is 4.79 Å². The molecule has 2 rings (SSSR count). The van der Waals surface area contributed by atoms with Gasteiger partial charge in [0.05, 0.1) is 9.30 Å². The number of aliphatic hydroxyl groups is 3. The number of H-pyrrole nitrogens is 1. The van der Waals surface area contributed by atoms with Crippen molar-refractivity contribution in [3.8, 4) is 11.3 Å². The third-order valence-electron chi connectivity index (χ3n) is 2.72. The number of aliphatic hydroxyl groups excluding tert-OH is 1. The first-order valence-corrected chi connectivity index (χ1v) is 5.58. The lowest BCUT2D eigenvalue weighted by Crippen LogP contribution is -2.49. The summed E-state index contributed by atoms with van der Waals surface area (Å²) < 4.78 is 19.8. The summed E-state index contributed by atoms with van der Waals surface area (Å²) in [5.74, 6) is 1.99. The number of hydrogen-bond acceptors (Lipinski definition) is 7. The van der Waals surface area contributed by atoms with E-state index in [9.17, 15) is 24.9 Å². The summed E-state index contributed by atoms with van der Waals surface area (Å²) in [7, 11) is 0. The molecule has 108 valence electrons. The third-order valence-corrected chi connectivity index (χ3v) is 2.82. The molecule has 4 N–H and O–H groups in total. The Kier molecular flexibility index (Phi) is 3.23. The summed E-state index contributed by atoms with van der Waals surface area (Å²) in [5.41, 5.74) is -4.46. The zero-order valence-corrected chi connectivity index (χ0v) is 10.4. The number of halogens is 1. The van der Waals surface area contributed by atoms with Crippen molar-refractivity contribution in [1.82, 2.24) is 14.8 Å². The van der Waals surface area contributed by atoms with Gasteiger partial charge in [-0.2, -0.15) is 9.78 Å². The Morgan fingerprint density at radius 3 is 2.95 bits per heavy atom. The van der Waals surface area contributed by atoms with Crippen LogP contribution in [0.2, 0.25) is 0 Å². The highest BCUT2D eigenvalue weighted by molar-refractivity contribution is 6.30. The minimum Gasteiger partial charge on any atom is -0.394 e. The predicted octanol–water partition coefficient (Wildman–Crippen LogP) is -2.89. The van der Waals surface area contributed by atoms with Crippen LogP contribution in [0.1, 0.15) is 8.97 Å². The van der Waals surface area contributed by atoms with Crippen molar-refractivity contribution in [2.75, 3.05) is 6.56 Å². The molecule has 2 heterocycles. The molecule has 0 amide bonds. The Balaban J connectivity index is 2.59. The van der Waals surface area contributed by atoms with Crippen LogP contribution in [-0.2, 0) is 4.74 Å².